The number of ether oxygens (including phenoxy) is 1. The van der Waals surface area contributed by atoms with Crippen LogP contribution in [-0.2, 0) is 0 Å². The lowest BCUT2D eigenvalue weighted by Crippen LogP contribution is -2.07. The molecule has 0 atom stereocenters. The van der Waals surface area contributed by atoms with Crippen molar-refractivity contribution in [3.05, 3.63) is 35.9 Å². The van der Waals surface area contributed by atoms with Crippen molar-refractivity contribution in [2.75, 3.05) is 0 Å². The van der Waals surface area contributed by atoms with E-state index in [9.17, 15) is 8.78 Å². The minimum Gasteiger partial charge on any atom is -0.490 e. The van der Waals surface area contributed by atoms with E-state index in [0.717, 1.165) is 12.1 Å². The molecule has 0 saturated heterocycles. The van der Waals surface area contributed by atoms with Crippen LogP contribution in [0.1, 0.15) is 19.4 Å². The van der Waals surface area contributed by atoms with Crippen LogP contribution in [0.4, 0.5) is 8.78 Å². The smallest absolute Gasteiger partial charge is 0.162 e. The molecule has 0 aromatic heterocycles. The van der Waals surface area contributed by atoms with E-state index in [0.29, 0.717) is 11.3 Å². The Hall–Kier alpha value is -1.38. The SMILES string of the molecule is C=Cc1cc(F)c(F)cc1OC(C)C. The molecule has 1 nitrogen and oxygen atoms in total. The van der Waals surface area contributed by atoms with E-state index in [1.54, 1.807) is 0 Å². The minimum atomic E-state index is -0.911. The van der Waals surface area contributed by atoms with Gasteiger partial charge >= 0.3 is 0 Å². The van der Waals surface area contributed by atoms with E-state index in [4.69, 9.17) is 4.74 Å². The van der Waals surface area contributed by atoms with E-state index in [1.807, 2.05) is 13.8 Å². The van der Waals surface area contributed by atoms with Gasteiger partial charge in [-0.15, -0.1) is 0 Å². The molecule has 3 heteroatoms. The first-order valence-electron chi connectivity index (χ1n) is 4.32. The second-order valence-corrected chi connectivity index (χ2v) is 3.17. The molecule has 0 aliphatic rings. The standard InChI is InChI=1S/C11H12F2O/c1-4-8-5-9(12)10(13)6-11(8)14-7(2)3/h4-7H,1H2,2-3H3. The molecule has 0 N–H and O–H groups in total. The molecule has 0 aliphatic carbocycles. The van der Waals surface area contributed by atoms with Crippen molar-refractivity contribution in [2.45, 2.75) is 20.0 Å². The Morgan fingerprint density at radius 2 is 1.86 bits per heavy atom. The summed E-state index contributed by atoms with van der Waals surface area (Å²) in [5, 5.41) is 0. The fraction of sp³-hybridized carbons (Fsp3) is 0.273. The second-order valence-electron chi connectivity index (χ2n) is 3.17. The molecule has 0 amide bonds. The van der Waals surface area contributed by atoms with E-state index < -0.39 is 11.6 Å². The molecule has 0 fully saturated rings. The van der Waals surface area contributed by atoms with Crippen LogP contribution >= 0.6 is 0 Å². The van der Waals surface area contributed by atoms with Crippen LogP contribution in [0.2, 0.25) is 0 Å². The Labute approximate surface area is 82.0 Å². The lowest BCUT2D eigenvalue weighted by Gasteiger charge is -2.12. The van der Waals surface area contributed by atoms with E-state index in [1.165, 1.54) is 6.08 Å². The molecule has 0 bridgehead atoms. The molecule has 0 heterocycles. The van der Waals surface area contributed by atoms with Crippen LogP contribution in [0.3, 0.4) is 0 Å². The van der Waals surface area contributed by atoms with E-state index >= 15 is 0 Å². The van der Waals surface area contributed by atoms with Gasteiger partial charge in [-0.1, -0.05) is 12.7 Å². The Balaban J connectivity index is 3.13. The third kappa shape index (κ3) is 2.31. The monoisotopic (exact) mass is 198 g/mol. The number of halogens is 2. The maximum atomic E-state index is 12.9. The summed E-state index contributed by atoms with van der Waals surface area (Å²) in [5.41, 5.74) is 0.456. The average Bonchev–Trinajstić information content (AvgIpc) is 2.10. The summed E-state index contributed by atoms with van der Waals surface area (Å²) in [5.74, 6) is -1.49. The third-order valence-corrected chi connectivity index (χ3v) is 1.64. The zero-order valence-electron chi connectivity index (χ0n) is 8.18. The van der Waals surface area contributed by atoms with Gasteiger partial charge in [-0.05, 0) is 19.9 Å². The first-order chi connectivity index (χ1) is 6.54. The van der Waals surface area contributed by atoms with Gasteiger partial charge in [0.2, 0.25) is 0 Å². The van der Waals surface area contributed by atoms with Crippen LogP contribution in [0.5, 0.6) is 5.75 Å². The minimum absolute atomic E-state index is 0.0847. The molecule has 0 unspecified atom stereocenters. The highest BCUT2D eigenvalue weighted by Gasteiger charge is 2.09. The van der Waals surface area contributed by atoms with Crippen molar-refractivity contribution in [1.82, 2.24) is 0 Å². The molecule has 0 aliphatic heterocycles. The van der Waals surface area contributed by atoms with Gasteiger partial charge < -0.3 is 4.74 Å². The number of hydrogen-bond donors (Lipinski definition) is 0. The van der Waals surface area contributed by atoms with Gasteiger partial charge in [-0.2, -0.15) is 0 Å². The summed E-state index contributed by atoms with van der Waals surface area (Å²) in [4.78, 5) is 0. The molecule has 0 saturated carbocycles. The van der Waals surface area contributed by atoms with Crippen molar-refractivity contribution in [3.8, 4) is 5.75 Å². The molecule has 76 valence electrons. The lowest BCUT2D eigenvalue weighted by atomic mass is 10.2. The van der Waals surface area contributed by atoms with Crippen molar-refractivity contribution >= 4 is 6.08 Å². The van der Waals surface area contributed by atoms with Crippen molar-refractivity contribution in [3.63, 3.8) is 0 Å². The summed E-state index contributed by atoms with van der Waals surface area (Å²) >= 11 is 0. The Bertz CT molecular complexity index is 345. The largest absolute Gasteiger partial charge is 0.490 e. The molecular formula is C11H12F2O. The zero-order valence-corrected chi connectivity index (χ0v) is 8.18. The molecule has 14 heavy (non-hydrogen) atoms. The van der Waals surface area contributed by atoms with Gasteiger partial charge in [0.1, 0.15) is 5.75 Å². The molecule has 1 aromatic carbocycles. The summed E-state index contributed by atoms with van der Waals surface area (Å²) in [7, 11) is 0. The number of hydrogen-bond acceptors (Lipinski definition) is 1. The lowest BCUT2D eigenvalue weighted by molar-refractivity contribution is 0.240. The first kappa shape index (κ1) is 10.7. The van der Waals surface area contributed by atoms with Crippen LogP contribution in [0.25, 0.3) is 6.08 Å². The fourth-order valence-corrected chi connectivity index (χ4v) is 1.06. The maximum absolute atomic E-state index is 12.9. The van der Waals surface area contributed by atoms with Gasteiger partial charge in [0.05, 0.1) is 6.10 Å². The van der Waals surface area contributed by atoms with Gasteiger partial charge in [0, 0.05) is 11.6 Å². The molecule has 0 spiro atoms. The molecular weight excluding hydrogens is 186 g/mol. The highest BCUT2D eigenvalue weighted by Crippen LogP contribution is 2.24. The van der Waals surface area contributed by atoms with E-state index in [-0.39, 0.29) is 6.10 Å². The quantitative estimate of drug-likeness (QED) is 0.723. The van der Waals surface area contributed by atoms with Crippen molar-refractivity contribution < 1.29 is 13.5 Å². The van der Waals surface area contributed by atoms with Crippen LogP contribution in [0.15, 0.2) is 18.7 Å². The Kier molecular flexibility index (Phi) is 3.23. The highest BCUT2D eigenvalue weighted by atomic mass is 19.2. The van der Waals surface area contributed by atoms with Gasteiger partial charge in [-0.3, -0.25) is 0 Å². The zero-order chi connectivity index (χ0) is 10.7. The summed E-state index contributed by atoms with van der Waals surface area (Å²) in [6.07, 6.45) is 1.35. The van der Waals surface area contributed by atoms with E-state index in [2.05, 4.69) is 6.58 Å². The topological polar surface area (TPSA) is 9.23 Å². The Morgan fingerprint density at radius 1 is 1.29 bits per heavy atom. The fourth-order valence-electron chi connectivity index (χ4n) is 1.06. The van der Waals surface area contributed by atoms with Crippen LogP contribution in [-0.4, -0.2) is 6.10 Å². The highest BCUT2D eigenvalue weighted by molar-refractivity contribution is 5.55. The van der Waals surface area contributed by atoms with Gasteiger partial charge in [0.15, 0.2) is 11.6 Å². The molecule has 1 aromatic rings. The summed E-state index contributed by atoms with van der Waals surface area (Å²) < 4.78 is 31.0. The normalized spacial score (nSPS) is 10.4. The predicted octanol–water partition coefficient (Wildman–Crippen LogP) is 3.40. The predicted molar refractivity (Wildman–Crippen MR) is 52.2 cm³/mol. The maximum Gasteiger partial charge on any atom is 0.162 e. The number of rotatable bonds is 3. The average molecular weight is 198 g/mol. The molecule has 1 rings (SSSR count). The summed E-state index contributed by atoms with van der Waals surface area (Å²) in [6.45, 7) is 7.13. The van der Waals surface area contributed by atoms with Crippen molar-refractivity contribution in [2.24, 2.45) is 0 Å². The second kappa shape index (κ2) is 4.22. The summed E-state index contributed by atoms with van der Waals surface area (Å²) in [6, 6.07) is 2.10. The van der Waals surface area contributed by atoms with Crippen LogP contribution < -0.4 is 4.74 Å². The third-order valence-electron chi connectivity index (χ3n) is 1.64. The van der Waals surface area contributed by atoms with Gasteiger partial charge in [0.25, 0.3) is 0 Å². The number of benzene rings is 1. The van der Waals surface area contributed by atoms with Crippen LogP contribution in [0, 0.1) is 11.6 Å². The van der Waals surface area contributed by atoms with Gasteiger partial charge in [-0.25, -0.2) is 8.78 Å². The van der Waals surface area contributed by atoms with Crippen molar-refractivity contribution in [1.29, 1.82) is 0 Å². The first-order valence-corrected chi connectivity index (χ1v) is 4.32. The Morgan fingerprint density at radius 3 is 2.36 bits per heavy atom. The molecule has 0 radical (unpaired) electrons.